The molecule has 3 N–H and O–H groups in total. The maximum absolute atomic E-state index is 11.7. The topological polar surface area (TPSA) is 66.6 Å². The number of aliphatic hydroxyl groups excluding tert-OH is 1. The lowest BCUT2D eigenvalue weighted by Crippen LogP contribution is -2.28. The van der Waals surface area contributed by atoms with Crippen molar-refractivity contribution in [1.82, 2.24) is 0 Å². The lowest BCUT2D eigenvalue weighted by atomic mass is 10.1. The van der Waals surface area contributed by atoms with Crippen LogP contribution in [0.4, 0.5) is 5.69 Å². The summed E-state index contributed by atoms with van der Waals surface area (Å²) in [4.78, 5) is 13.4. The number of rotatable bonds is 2. The molecule has 86 valence electrons. The van der Waals surface area contributed by atoms with Gasteiger partial charge in [-0.1, -0.05) is 12.1 Å². The van der Waals surface area contributed by atoms with Gasteiger partial charge >= 0.3 is 0 Å². The molecule has 1 aromatic carbocycles. The summed E-state index contributed by atoms with van der Waals surface area (Å²) in [7, 11) is 0. The average molecular weight is 220 g/mol. The fourth-order valence-corrected chi connectivity index (χ4v) is 2.01. The van der Waals surface area contributed by atoms with Crippen molar-refractivity contribution in [2.45, 2.75) is 26.0 Å². The van der Waals surface area contributed by atoms with Gasteiger partial charge in [0, 0.05) is 24.7 Å². The molecule has 1 unspecified atom stereocenters. The van der Waals surface area contributed by atoms with Gasteiger partial charge in [-0.25, -0.2) is 0 Å². The zero-order valence-corrected chi connectivity index (χ0v) is 9.31. The Morgan fingerprint density at radius 3 is 2.88 bits per heavy atom. The molecule has 1 fully saturated rings. The quantitative estimate of drug-likeness (QED) is 0.765. The molecule has 0 bridgehead atoms. The van der Waals surface area contributed by atoms with E-state index in [9.17, 15) is 4.79 Å². The second-order valence-corrected chi connectivity index (χ2v) is 4.25. The third-order valence-electron chi connectivity index (χ3n) is 2.90. The fourth-order valence-electron chi connectivity index (χ4n) is 2.01. The third-order valence-corrected chi connectivity index (χ3v) is 2.90. The standard InChI is InChI=1S/C12H16N2O2/c1-8-2-3-9(7-15)4-11(8)14-6-10(13)5-12(14)16/h2-4,10,15H,5-7,13H2,1H3. The number of amides is 1. The van der Waals surface area contributed by atoms with Crippen LogP contribution in [0.25, 0.3) is 0 Å². The summed E-state index contributed by atoms with van der Waals surface area (Å²) in [5.74, 6) is 0.0608. The van der Waals surface area contributed by atoms with E-state index in [0.717, 1.165) is 16.8 Å². The van der Waals surface area contributed by atoms with Crippen molar-refractivity contribution in [2.75, 3.05) is 11.4 Å². The monoisotopic (exact) mass is 220 g/mol. The van der Waals surface area contributed by atoms with E-state index in [1.54, 1.807) is 4.90 Å². The number of hydrogen-bond donors (Lipinski definition) is 2. The molecule has 1 heterocycles. The van der Waals surface area contributed by atoms with Crippen molar-refractivity contribution < 1.29 is 9.90 Å². The minimum absolute atomic E-state index is 0.0125. The average Bonchev–Trinajstić information content (AvgIpc) is 2.58. The minimum atomic E-state index is -0.0790. The van der Waals surface area contributed by atoms with Gasteiger partial charge in [-0.3, -0.25) is 4.79 Å². The van der Waals surface area contributed by atoms with Gasteiger partial charge in [-0.15, -0.1) is 0 Å². The van der Waals surface area contributed by atoms with Gasteiger partial charge in [0.25, 0.3) is 0 Å². The smallest absolute Gasteiger partial charge is 0.228 e. The number of aliphatic hydroxyl groups is 1. The van der Waals surface area contributed by atoms with Crippen molar-refractivity contribution in [1.29, 1.82) is 0 Å². The van der Waals surface area contributed by atoms with E-state index in [2.05, 4.69) is 0 Å². The molecule has 0 radical (unpaired) electrons. The van der Waals surface area contributed by atoms with Crippen LogP contribution in [0.5, 0.6) is 0 Å². The Morgan fingerprint density at radius 2 is 2.31 bits per heavy atom. The molecular formula is C12H16N2O2. The van der Waals surface area contributed by atoms with E-state index >= 15 is 0 Å². The van der Waals surface area contributed by atoms with Gasteiger partial charge in [0.1, 0.15) is 0 Å². The van der Waals surface area contributed by atoms with Crippen molar-refractivity contribution in [2.24, 2.45) is 5.73 Å². The van der Waals surface area contributed by atoms with Crippen LogP contribution < -0.4 is 10.6 Å². The highest BCUT2D eigenvalue weighted by molar-refractivity contribution is 5.97. The zero-order chi connectivity index (χ0) is 11.7. The third kappa shape index (κ3) is 1.94. The van der Waals surface area contributed by atoms with Gasteiger partial charge in [0.2, 0.25) is 5.91 Å². The van der Waals surface area contributed by atoms with E-state index in [1.165, 1.54) is 0 Å². The highest BCUT2D eigenvalue weighted by atomic mass is 16.3. The molecule has 0 aliphatic carbocycles. The van der Waals surface area contributed by atoms with Crippen LogP contribution in [-0.2, 0) is 11.4 Å². The van der Waals surface area contributed by atoms with Crippen LogP contribution in [0, 0.1) is 6.92 Å². The van der Waals surface area contributed by atoms with Gasteiger partial charge in [-0.2, -0.15) is 0 Å². The predicted molar refractivity (Wildman–Crippen MR) is 62.0 cm³/mol. The lowest BCUT2D eigenvalue weighted by molar-refractivity contribution is -0.117. The minimum Gasteiger partial charge on any atom is -0.392 e. The zero-order valence-electron chi connectivity index (χ0n) is 9.31. The summed E-state index contributed by atoms with van der Waals surface area (Å²) >= 11 is 0. The number of aryl methyl sites for hydroxylation is 1. The molecular weight excluding hydrogens is 204 g/mol. The Bertz CT molecular complexity index is 417. The molecule has 1 saturated heterocycles. The molecule has 0 aromatic heterocycles. The molecule has 0 saturated carbocycles. The summed E-state index contributed by atoms with van der Waals surface area (Å²) < 4.78 is 0. The SMILES string of the molecule is Cc1ccc(CO)cc1N1CC(N)CC1=O. The number of nitrogens with zero attached hydrogens (tertiary/aromatic N) is 1. The van der Waals surface area contributed by atoms with E-state index in [1.807, 2.05) is 25.1 Å². The molecule has 4 nitrogen and oxygen atoms in total. The van der Waals surface area contributed by atoms with Crippen LogP contribution >= 0.6 is 0 Å². The van der Waals surface area contributed by atoms with Crippen LogP contribution in [0.2, 0.25) is 0 Å². The second-order valence-electron chi connectivity index (χ2n) is 4.25. The number of anilines is 1. The molecule has 4 heteroatoms. The Morgan fingerprint density at radius 1 is 1.56 bits per heavy atom. The van der Waals surface area contributed by atoms with Crippen molar-refractivity contribution in [3.05, 3.63) is 29.3 Å². The summed E-state index contributed by atoms with van der Waals surface area (Å²) in [6.07, 6.45) is 0.406. The molecule has 1 amide bonds. The van der Waals surface area contributed by atoms with Crippen LogP contribution in [0.15, 0.2) is 18.2 Å². The number of benzene rings is 1. The van der Waals surface area contributed by atoms with Crippen molar-refractivity contribution >= 4 is 11.6 Å². The van der Waals surface area contributed by atoms with E-state index in [0.29, 0.717) is 13.0 Å². The molecule has 16 heavy (non-hydrogen) atoms. The van der Waals surface area contributed by atoms with Gasteiger partial charge in [0.05, 0.1) is 6.61 Å². The Kier molecular flexibility index (Phi) is 2.94. The number of hydrogen-bond acceptors (Lipinski definition) is 3. The molecule has 1 aliphatic rings. The maximum Gasteiger partial charge on any atom is 0.228 e. The maximum atomic E-state index is 11.7. The first-order valence-corrected chi connectivity index (χ1v) is 5.38. The predicted octanol–water partition coefficient (Wildman–Crippen LogP) is 0.551. The summed E-state index contributed by atoms with van der Waals surface area (Å²) in [6, 6.07) is 5.55. The van der Waals surface area contributed by atoms with Crippen LogP contribution in [-0.4, -0.2) is 23.6 Å². The second kappa shape index (κ2) is 4.23. The highest BCUT2D eigenvalue weighted by Gasteiger charge is 2.28. The first-order chi connectivity index (χ1) is 7.61. The van der Waals surface area contributed by atoms with E-state index in [-0.39, 0.29) is 18.6 Å². The normalized spacial score (nSPS) is 20.6. The van der Waals surface area contributed by atoms with Crippen molar-refractivity contribution in [3.8, 4) is 0 Å². The van der Waals surface area contributed by atoms with Crippen molar-refractivity contribution in [3.63, 3.8) is 0 Å². The molecule has 1 aliphatic heterocycles. The fraction of sp³-hybridized carbons (Fsp3) is 0.417. The van der Waals surface area contributed by atoms with Crippen LogP contribution in [0.3, 0.4) is 0 Å². The molecule has 0 spiro atoms. The molecule has 1 aromatic rings. The van der Waals surface area contributed by atoms with Gasteiger partial charge in [0.15, 0.2) is 0 Å². The largest absolute Gasteiger partial charge is 0.392 e. The Labute approximate surface area is 94.7 Å². The number of carbonyl (C=O) groups is 1. The van der Waals surface area contributed by atoms with Crippen LogP contribution in [0.1, 0.15) is 17.5 Å². The molecule has 2 rings (SSSR count). The summed E-state index contributed by atoms with van der Waals surface area (Å²) in [6.45, 7) is 2.50. The van der Waals surface area contributed by atoms with Gasteiger partial charge in [-0.05, 0) is 24.1 Å². The number of carbonyl (C=O) groups excluding carboxylic acids is 1. The van der Waals surface area contributed by atoms with Gasteiger partial charge < -0.3 is 15.7 Å². The van der Waals surface area contributed by atoms with E-state index < -0.39 is 0 Å². The number of nitrogens with two attached hydrogens (primary N) is 1. The first-order valence-electron chi connectivity index (χ1n) is 5.38. The Balaban J connectivity index is 2.35. The lowest BCUT2D eigenvalue weighted by Gasteiger charge is -2.19. The summed E-state index contributed by atoms with van der Waals surface area (Å²) in [5, 5.41) is 9.09. The summed E-state index contributed by atoms with van der Waals surface area (Å²) in [5.41, 5.74) is 8.47. The molecule has 1 atom stereocenters. The first kappa shape index (κ1) is 11.1. The van der Waals surface area contributed by atoms with E-state index in [4.69, 9.17) is 10.8 Å². The Hall–Kier alpha value is -1.39. The highest BCUT2D eigenvalue weighted by Crippen LogP contribution is 2.25.